The summed E-state index contributed by atoms with van der Waals surface area (Å²) in [4.78, 5) is 29.1. The van der Waals surface area contributed by atoms with Crippen molar-refractivity contribution in [2.24, 2.45) is 0 Å². The quantitative estimate of drug-likeness (QED) is 0.285. The van der Waals surface area contributed by atoms with Crippen LogP contribution in [0.3, 0.4) is 0 Å². The zero-order valence-electron chi connectivity index (χ0n) is 18.5. The lowest BCUT2D eigenvalue weighted by Crippen LogP contribution is -2.20. The third-order valence-electron chi connectivity index (χ3n) is 4.66. The van der Waals surface area contributed by atoms with Crippen LogP contribution in [-0.2, 0) is 6.18 Å². The minimum Gasteiger partial charge on any atom is -0.438 e. The molecule has 0 atom stereocenters. The predicted molar refractivity (Wildman–Crippen MR) is 128 cm³/mol. The molecule has 0 bridgehead atoms. The Hall–Kier alpha value is -4.45. The Kier molecular flexibility index (Phi) is 7.15. The van der Waals surface area contributed by atoms with Crippen molar-refractivity contribution in [3.05, 3.63) is 77.7 Å². The van der Waals surface area contributed by atoms with Crippen molar-refractivity contribution in [1.82, 2.24) is 19.9 Å². The van der Waals surface area contributed by atoms with Crippen molar-refractivity contribution in [2.45, 2.75) is 6.18 Å². The maximum Gasteiger partial charge on any atom is 0.416 e. The number of hydrogen-bond acceptors (Lipinski definition) is 7. The molecule has 0 aliphatic rings. The van der Waals surface area contributed by atoms with Gasteiger partial charge in [0, 0.05) is 25.0 Å². The van der Waals surface area contributed by atoms with Crippen molar-refractivity contribution < 1.29 is 22.7 Å². The van der Waals surface area contributed by atoms with Crippen LogP contribution >= 0.6 is 11.6 Å². The molecule has 2 amide bonds. The number of alkyl halides is 3. The molecule has 0 saturated heterocycles. The largest absolute Gasteiger partial charge is 0.438 e. The summed E-state index contributed by atoms with van der Waals surface area (Å²) in [5.74, 6) is 1.15. The highest BCUT2D eigenvalue weighted by atomic mass is 35.5. The van der Waals surface area contributed by atoms with Crippen LogP contribution in [0.25, 0.3) is 11.4 Å². The molecule has 4 rings (SSSR count). The highest BCUT2D eigenvalue weighted by Gasteiger charge is 2.30. The Balaban J connectivity index is 1.52. The minimum absolute atomic E-state index is 0.0396. The monoisotopic (exact) mass is 515 g/mol. The van der Waals surface area contributed by atoms with Gasteiger partial charge in [0.15, 0.2) is 5.82 Å². The highest BCUT2D eigenvalue weighted by Crippen LogP contribution is 2.34. The molecule has 0 spiro atoms. The third-order valence-corrected chi connectivity index (χ3v) is 4.99. The summed E-state index contributed by atoms with van der Waals surface area (Å²) in [6, 6.07) is 11.4. The van der Waals surface area contributed by atoms with Crippen LogP contribution in [0.2, 0.25) is 5.02 Å². The van der Waals surface area contributed by atoms with E-state index in [1.165, 1.54) is 36.8 Å². The molecule has 0 unspecified atom stereocenters. The van der Waals surface area contributed by atoms with E-state index in [4.69, 9.17) is 16.3 Å². The van der Waals surface area contributed by atoms with E-state index in [9.17, 15) is 18.0 Å². The standard InChI is InChI=1S/C23H17ClF3N7O2/c1-28-21-31-12-30-19(34-21)16-6-3-9-29-20(16)36-15-7-8-17(24)18(11-15)33-22(35)32-14-5-2-4-13(10-14)23(25,26)27/h2-12H,1H3,(H2,32,33,35)(H,28,30,31,34). The number of benzene rings is 2. The number of pyridine rings is 1. The Morgan fingerprint density at radius 2 is 1.83 bits per heavy atom. The van der Waals surface area contributed by atoms with Crippen molar-refractivity contribution >= 4 is 35.0 Å². The molecular weight excluding hydrogens is 499 g/mol. The number of carbonyl (C=O) groups is 1. The average Bonchev–Trinajstić information content (AvgIpc) is 2.86. The van der Waals surface area contributed by atoms with E-state index in [1.807, 2.05) is 0 Å². The van der Waals surface area contributed by atoms with E-state index in [2.05, 4.69) is 35.9 Å². The molecule has 0 saturated carbocycles. The van der Waals surface area contributed by atoms with Crippen LogP contribution in [0.1, 0.15) is 5.56 Å². The first-order valence-electron chi connectivity index (χ1n) is 10.3. The lowest BCUT2D eigenvalue weighted by Gasteiger charge is -2.13. The van der Waals surface area contributed by atoms with Gasteiger partial charge in [-0.3, -0.25) is 0 Å². The number of anilines is 3. The molecule has 36 heavy (non-hydrogen) atoms. The van der Waals surface area contributed by atoms with Crippen LogP contribution in [0.5, 0.6) is 11.6 Å². The van der Waals surface area contributed by atoms with E-state index in [0.717, 1.165) is 12.1 Å². The molecule has 4 aromatic rings. The summed E-state index contributed by atoms with van der Waals surface area (Å²) in [7, 11) is 1.67. The van der Waals surface area contributed by atoms with Gasteiger partial charge in [-0.2, -0.15) is 18.2 Å². The van der Waals surface area contributed by atoms with Crippen LogP contribution in [-0.4, -0.2) is 33.0 Å². The van der Waals surface area contributed by atoms with E-state index >= 15 is 0 Å². The van der Waals surface area contributed by atoms with Gasteiger partial charge in [-0.25, -0.2) is 19.7 Å². The molecule has 0 fully saturated rings. The molecule has 13 heteroatoms. The molecule has 2 aromatic carbocycles. The van der Waals surface area contributed by atoms with Gasteiger partial charge < -0.3 is 20.7 Å². The van der Waals surface area contributed by atoms with Crippen molar-refractivity contribution in [3.63, 3.8) is 0 Å². The van der Waals surface area contributed by atoms with Crippen molar-refractivity contribution in [1.29, 1.82) is 0 Å². The third kappa shape index (κ3) is 5.96. The SMILES string of the molecule is CNc1ncnc(-c2cccnc2Oc2ccc(Cl)c(NC(=O)Nc3cccc(C(F)(F)F)c3)c2)n1. The van der Waals surface area contributed by atoms with Gasteiger partial charge in [0.05, 0.1) is 21.8 Å². The molecule has 2 heterocycles. The van der Waals surface area contributed by atoms with E-state index in [0.29, 0.717) is 17.3 Å². The van der Waals surface area contributed by atoms with E-state index in [-0.39, 0.29) is 28.0 Å². The Labute approximate surface area is 207 Å². The Bertz CT molecular complexity index is 1400. The molecule has 9 nitrogen and oxygen atoms in total. The lowest BCUT2D eigenvalue weighted by atomic mass is 10.2. The number of nitrogens with zero attached hydrogens (tertiary/aromatic N) is 4. The second kappa shape index (κ2) is 10.4. The van der Waals surface area contributed by atoms with Crippen LogP contribution < -0.4 is 20.7 Å². The molecule has 184 valence electrons. The Morgan fingerprint density at radius 1 is 1.00 bits per heavy atom. The van der Waals surface area contributed by atoms with E-state index in [1.54, 1.807) is 25.2 Å². The number of aromatic nitrogens is 4. The van der Waals surface area contributed by atoms with Crippen LogP contribution in [0.15, 0.2) is 67.1 Å². The van der Waals surface area contributed by atoms with Gasteiger partial charge in [0.2, 0.25) is 11.8 Å². The number of hydrogen-bond donors (Lipinski definition) is 3. The predicted octanol–water partition coefficient (Wildman–Crippen LogP) is 6.08. The zero-order valence-corrected chi connectivity index (χ0v) is 19.2. The maximum atomic E-state index is 12.9. The highest BCUT2D eigenvalue weighted by molar-refractivity contribution is 6.33. The topological polar surface area (TPSA) is 114 Å². The normalized spacial score (nSPS) is 11.0. The second-order valence-corrected chi connectivity index (χ2v) is 7.55. The van der Waals surface area contributed by atoms with Crippen LogP contribution in [0.4, 0.5) is 35.3 Å². The molecule has 3 N–H and O–H groups in total. The van der Waals surface area contributed by atoms with Gasteiger partial charge in [-0.1, -0.05) is 17.7 Å². The van der Waals surface area contributed by atoms with Gasteiger partial charge in [-0.15, -0.1) is 0 Å². The number of ether oxygens (including phenoxy) is 1. The molecule has 0 aliphatic heterocycles. The van der Waals surface area contributed by atoms with Crippen LogP contribution in [0, 0.1) is 0 Å². The maximum absolute atomic E-state index is 12.9. The number of urea groups is 1. The number of rotatable bonds is 6. The molecular formula is C23H17ClF3N7O2. The number of amides is 2. The summed E-state index contributed by atoms with van der Waals surface area (Å²) in [6.07, 6.45) is -1.67. The smallest absolute Gasteiger partial charge is 0.416 e. The fourth-order valence-electron chi connectivity index (χ4n) is 3.02. The first kappa shape index (κ1) is 24.7. The lowest BCUT2D eigenvalue weighted by molar-refractivity contribution is -0.137. The first-order valence-corrected chi connectivity index (χ1v) is 10.7. The van der Waals surface area contributed by atoms with Crippen molar-refractivity contribution in [3.8, 4) is 23.0 Å². The summed E-state index contributed by atoms with van der Waals surface area (Å²) in [6.45, 7) is 0. The van der Waals surface area contributed by atoms with Gasteiger partial charge in [0.1, 0.15) is 12.1 Å². The fourth-order valence-corrected chi connectivity index (χ4v) is 3.19. The minimum atomic E-state index is -4.54. The fraction of sp³-hybridized carbons (Fsp3) is 0.0870. The van der Waals surface area contributed by atoms with Gasteiger partial charge in [0.25, 0.3) is 0 Å². The summed E-state index contributed by atoms with van der Waals surface area (Å²) < 4.78 is 44.7. The molecule has 0 aliphatic carbocycles. The summed E-state index contributed by atoms with van der Waals surface area (Å²) >= 11 is 6.20. The number of nitrogens with one attached hydrogen (secondary N) is 3. The number of halogens is 4. The van der Waals surface area contributed by atoms with Gasteiger partial charge >= 0.3 is 12.2 Å². The first-order chi connectivity index (χ1) is 17.2. The summed E-state index contributed by atoms with van der Waals surface area (Å²) in [5, 5.41) is 7.86. The number of carbonyl (C=O) groups excluding carboxylic acids is 1. The van der Waals surface area contributed by atoms with Crippen molar-refractivity contribution in [2.75, 3.05) is 23.0 Å². The summed E-state index contributed by atoms with van der Waals surface area (Å²) in [5.41, 5.74) is -0.279. The Morgan fingerprint density at radius 3 is 2.61 bits per heavy atom. The molecule has 0 radical (unpaired) electrons. The van der Waals surface area contributed by atoms with E-state index < -0.39 is 17.8 Å². The van der Waals surface area contributed by atoms with Gasteiger partial charge in [-0.05, 0) is 42.5 Å². The second-order valence-electron chi connectivity index (χ2n) is 7.14. The average molecular weight is 516 g/mol. The molecule has 2 aromatic heterocycles. The zero-order chi connectivity index (χ0) is 25.7.